The summed E-state index contributed by atoms with van der Waals surface area (Å²) in [5, 5.41) is 36.0. The van der Waals surface area contributed by atoms with Crippen molar-refractivity contribution in [2.45, 2.75) is 67.8 Å². The molecule has 3 heterocycles. The number of pyridine rings is 1. The second-order valence-corrected chi connectivity index (χ2v) is 20.1. The number of nitro benzene ring substituents is 1. The predicted octanol–water partition coefficient (Wildman–Crippen LogP) is 9.15. The van der Waals surface area contributed by atoms with Gasteiger partial charge in [-0.1, -0.05) is 60.7 Å². The number of likely N-dealkylation sites (tertiary alicyclic amines) is 1. The third-order valence-electron chi connectivity index (χ3n) is 12.6. The maximum absolute atomic E-state index is 13.8. The number of benzene rings is 5. The molecule has 2 aromatic heterocycles. The molecule has 0 spiro atoms. The highest BCUT2D eigenvalue weighted by molar-refractivity contribution is 7.99. The molecule has 8 rings (SSSR count). The van der Waals surface area contributed by atoms with Crippen molar-refractivity contribution in [3.63, 3.8) is 0 Å². The van der Waals surface area contributed by atoms with E-state index >= 15 is 0 Å². The molecule has 1 fully saturated rings. The van der Waals surface area contributed by atoms with E-state index in [4.69, 9.17) is 4.74 Å². The average Bonchev–Trinajstić information content (AvgIpc) is 3.73. The summed E-state index contributed by atoms with van der Waals surface area (Å²) in [7, 11) is -2.60. The van der Waals surface area contributed by atoms with Gasteiger partial charge in [0.2, 0.25) is 0 Å². The van der Waals surface area contributed by atoms with Crippen LogP contribution in [-0.2, 0) is 16.4 Å². The smallest absolute Gasteiger partial charge is 0.356 e. The van der Waals surface area contributed by atoms with E-state index in [1.165, 1.54) is 12.1 Å². The zero-order valence-electron chi connectivity index (χ0n) is 38.7. The van der Waals surface area contributed by atoms with Crippen LogP contribution in [0.25, 0.3) is 27.5 Å². The molecule has 0 bridgehead atoms. The first-order chi connectivity index (χ1) is 33.3. The third kappa shape index (κ3) is 11.4. The monoisotopic (exact) mass is 969 g/mol. The standard InChI is InChI=1S/C52H55N7O8S2/c1-34-30-37(31-35(2)49(34)46-19-10-18-45-43(50(52(61)62)55-58(45)46)17-11-29-67-48-20-9-13-36-12-7-8-16-42(36)48)51(60)56-69(65,66)41-21-22-44(47(32-41)59(63)64)54-39(33-68-40-14-5-4-6-15-40)25-28-57-26-23-38(53-3)24-27-57/h4-10,12-16,18-22,30-32,38-39,53-54H,11,17,23-29,33H2,1-3H3,(H,56,60)(H,61,62)/t39-/m1/s1. The second kappa shape index (κ2) is 21.7. The van der Waals surface area contributed by atoms with Gasteiger partial charge in [-0.25, -0.2) is 22.4 Å². The molecule has 7 aromatic rings. The Bertz CT molecular complexity index is 3090. The van der Waals surface area contributed by atoms with Gasteiger partial charge >= 0.3 is 5.97 Å². The molecule has 5 aromatic carbocycles. The lowest BCUT2D eigenvalue weighted by atomic mass is 9.96. The SMILES string of the molecule is CNC1CCN(CC[C@H](CSc2ccccc2)Nc2ccc(S(=O)(=O)NC(=O)c3cc(C)c(-c4cccc5c(CCCOc6cccc7ccccc67)c(C(=O)O)nn45)c(C)c3)cc2[N+](=O)[O-])CC1. The lowest BCUT2D eigenvalue weighted by Crippen LogP contribution is -2.42. The highest BCUT2D eigenvalue weighted by Gasteiger charge is 2.27. The van der Waals surface area contributed by atoms with Crippen molar-refractivity contribution in [3.05, 3.63) is 159 Å². The van der Waals surface area contributed by atoms with E-state index in [2.05, 4.69) is 25.4 Å². The van der Waals surface area contributed by atoms with E-state index in [-0.39, 0.29) is 23.0 Å². The molecule has 0 aliphatic carbocycles. The fraction of sp³-hybridized carbons (Fsp3) is 0.288. The molecule has 17 heteroatoms. The number of carboxylic acids is 1. The number of aryl methyl sites for hydroxylation is 3. The molecular weight excluding hydrogens is 915 g/mol. The van der Waals surface area contributed by atoms with Crippen LogP contribution in [-0.4, -0.2) is 96.0 Å². The summed E-state index contributed by atoms with van der Waals surface area (Å²) in [4.78, 5) is 41.2. The summed E-state index contributed by atoms with van der Waals surface area (Å²) in [6.07, 6.45) is 3.71. The van der Waals surface area contributed by atoms with Crippen molar-refractivity contribution in [1.29, 1.82) is 0 Å². The Morgan fingerprint density at radius 2 is 1.64 bits per heavy atom. The summed E-state index contributed by atoms with van der Waals surface area (Å²) < 4.78 is 37.4. The average molecular weight is 970 g/mol. The van der Waals surface area contributed by atoms with Gasteiger partial charge in [-0.15, -0.1) is 11.8 Å². The Morgan fingerprint density at radius 1 is 0.928 bits per heavy atom. The van der Waals surface area contributed by atoms with Crippen LogP contribution in [0, 0.1) is 24.0 Å². The van der Waals surface area contributed by atoms with Gasteiger partial charge in [-0.05, 0) is 137 Å². The lowest BCUT2D eigenvalue weighted by molar-refractivity contribution is -0.384. The number of amides is 1. The predicted molar refractivity (Wildman–Crippen MR) is 270 cm³/mol. The molecule has 1 aliphatic heterocycles. The second-order valence-electron chi connectivity index (χ2n) is 17.3. The zero-order chi connectivity index (χ0) is 48.7. The Labute approximate surface area is 405 Å². The van der Waals surface area contributed by atoms with Crippen molar-refractivity contribution < 1.29 is 32.8 Å². The van der Waals surface area contributed by atoms with Gasteiger partial charge in [0.15, 0.2) is 5.69 Å². The van der Waals surface area contributed by atoms with Crippen LogP contribution >= 0.6 is 11.8 Å². The van der Waals surface area contributed by atoms with Gasteiger partial charge in [0.1, 0.15) is 11.4 Å². The van der Waals surface area contributed by atoms with Crippen LogP contribution in [0.1, 0.15) is 63.2 Å². The number of sulfonamides is 1. The number of piperidine rings is 1. The van der Waals surface area contributed by atoms with E-state index < -0.39 is 37.4 Å². The van der Waals surface area contributed by atoms with Crippen molar-refractivity contribution in [2.24, 2.45) is 0 Å². The van der Waals surface area contributed by atoms with Crippen molar-refractivity contribution >= 4 is 61.3 Å². The molecule has 0 saturated carbocycles. The van der Waals surface area contributed by atoms with Crippen molar-refractivity contribution in [2.75, 3.05) is 44.4 Å². The highest BCUT2D eigenvalue weighted by Crippen LogP contribution is 2.33. The number of aromatic carboxylic acids is 1. The minimum Gasteiger partial charge on any atom is -0.493 e. The maximum atomic E-state index is 13.8. The zero-order valence-corrected chi connectivity index (χ0v) is 40.3. The minimum atomic E-state index is -4.58. The first-order valence-corrected chi connectivity index (χ1v) is 25.4. The normalized spacial score (nSPS) is 13.9. The topological polar surface area (TPSA) is 198 Å². The maximum Gasteiger partial charge on any atom is 0.356 e. The van der Waals surface area contributed by atoms with E-state index in [0.29, 0.717) is 71.1 Å². The number of anilines is 1. The van der Waals surface area contributed by atoms with Crippen LogP contribution in [0.15, 0.2) is 131 Å². The summed E-state index contributed by atoms with van der Waals surface area (Å²) in [6, 6.07) is 36.2. The van der Waals surface area contributed by atoms with Crippen molar-refractivity contribution in [1.82, 2.24) is 24.6 Å². The molecule has 4 N–H and O–H groups in total. The minimum absolute atomic E-state index is 0.0461. The van der Waals surface area contributed by atoms with E-state index in [9.17, 15) is 33.2 Å². The van der Waals surface area contributed by atoms with Crippen LogP contribution in [0.2, 0.25) is 0 Å². The van der Waals surface area contributed by atoms with Gasteiger partial charge in [-0.3, -0.25) is 14.9 Å². The molecule has 358 valence electrons. The van der Waals surface area contributed by atoms with Gasteiger partial charge in [0, 0.05) is 57.4 Å². The number of rotatable bonds is 20. The van der Waals surface area contributed by atoms with Crippen LogP contribution in [0.4, 0.5) is 11.4 Å². The molecule has 15 nitrogen and oxygen atoms in total. The number of fused-ring (bicyclic) bond motifs is 2. The number of aromatic nitrogens is 2. The molecule has 0 unspecified atom stereocenters. The summed E-state index contributed by atoms with van der Waals surface area (Å²) >= 11 is 1.64. The van der Waals surface area contributed by atoms with E-state index in [1.54, 1.807) is 42.3 Å². The quantitative estimate of drug-likeness (QED) is 0.0244. The number of hydrogen-bond acceptors (Lipinski definition) is 12. The van der Waals surface area contributed by atoms with Crippen LogP contribution in [0.3, 0.4) is 0 Å². The fourth-order valence-corrected chi connectivity index (χ4v) is 11.1. The Kier molecular flexibility index (Phi) is 15.3. The number of carbonyl (C=O) groups is 2. The molecular formula is C52H55N7O8S2. The first-order valence-electron chi connectivity index (χ1n) is 22.9. The van der Waals surface area contributed by atoms with Crippen LogP contribution in [0.5, 0.6) is 5.75 Å². The molecule has 1 atom stereocenters. The highest BCUT2D eigenvalue weighted by atomic mass is 32.2. The number of nitrogens with zero attached hydrogens (tertiary/aromatic N) is 4. The molecule has 0 radical (unpaired) electrons. The fourth-order valence-electron chi connectivity index (χ4n) is 9.08. The Morgan fingerprint density at radius 3 is 2.36 bits per heavy atom. The number of thioether (sulfide) groups is 1. The lowest BCUT2D eigenvalue weighted by Gasteiger charge is -2.33. The Balaban J connectivity index is 0.974. The van der Waals surface area contributed by atoms with Gasteiger partial charge < -0.3 is 25.4 Å². The number of carbonyl (C=O) groups excluding carboxylic acids is 1. The molecule has 1 aliphatic rings. The van der Waals surface area contributed by atoms with Crippen molar-refractivity contribution in [3.8, 4) is 17.0 Å². The number of nitrogens with one attached hydrogen (secondary N) is 3. The van der Waals surface area contributed by atoms with E-state index in [1.807, 2.05) is 98.0 Å². The van der Waals surface area contributed by atoms with Gasteiger partial charge in [0.05, 0.1) is 27.6 Å². The van der Waals surface area contributed by atoms with Crippen LogP contribution < -0.4 is 20.1 Å². The number of carboxylic acid groups (broad SMARTS) is 1. The summed E-state index contributed by atoms with van der Waals surface area (Å²) in [5.74, 6) is -0.720. The molecule has 1 amide bonds. The summed E-state index contributed by atoms with van der Waals surface area (Å²) in [6.45, 7) is 6.60. The summed E-state index contributed by atoms with van der Waals surface area (Å²) in [5.41, 5.74) is 3.37. The first kappa shape index (κ1) is 48.7. The Hall–Kier alpha value is -6.79. The van der Waals surface area contributed by atoms with Gasteiger partial charge in [-0.2, -0.15) is 5.10 Å². The number of hydrogen-bond donors (Lipinski definition) is 4. The molecule has 1 saturated heterocycles. The molecule has 69 heavy (non-hydrogen) atoms. The number of ether oxygens (including phenoxy) is 1. The van der Waals surface area contributed by atoms with Gasteiger partial charge in [0.25, 0.3) is 21.6 Å². The third-order valence-corrected chi connectivity index (χ3v) is 15.1. The van der Waals surface area contributed by atoms with E-state index in [0.717, 1.165) is 60.0 Å². The largest absolute Gasteiger partial charge is 0.493 e. The number of nitro groups is 1.